The quantitative estimate of drug-likeness (QED) is 0.669. The molecule has 0 radical (unpaired) electrons. The second kappa shape index (κ2) is 10.7. The van der Waals surface area contributed by atoms with Crippen molar-refractivity contribution in [1.29, 1.82) is 0 Å². The van der Waals surface area contributed by atoms with Gasteiger partial charge in [-0.2, -0.15) is 8.78 Å². The zero-order chi connectivity index (χ0) is 22.2. The molecule has 9 heteroatoms. The summed E-state index contributed by atoms with van der Waals surface area (Å²) < 4.78 is 34.3. The lowest BCUT2D eigenvalue weighted by Crippen LogP contribution is -2.46. The molecule has 0 unspecified atom stereocenters. The van der Waals surface area contributed by atoms with E-state index in [9.17, 15) is 18.4 Å². The second-order valence-corrected chi connectivity index (χ2v) is 7.18. The van der Waals surface area contributed by atoms with E-state index in [1.54, 1.807) is 0 Å². The summed E-state index contributed by atoms with van der Waals surface area (Å²) in [7, 11) is 1.32. The Hall–Kier alpha value is -3.20. The van der Waals surface area contributed by atoms with Crippen LogP contribution in [0.3, 0.4) is 0 Å². The van der Waals surface area contributed by atoms with Crippen LogP contribution in [0.1, 0.15) is 23.2 Å². The van der Waals surface area contributed by atoms with E-state index in [2.05, 4.69) is 15.4 Å². The van der Waals surface area contributed by atoms with Crippen molar-refractivity contribution in [3.05, 3.63) is 54.1 Å². The molecular weight excluding hydrogens is 408 g/mol. The Morgan fingerprint density at radius 2 is 1.81 bits per heavy atom. The van der Waals surface area contributed by atoms with Crippen LogP contribution in [-0.2, 0) is 4.79 Å². The summed E-state index contributed by atoms with van der Waals surface area (Å²) in [5.74, 6) is -0.461. The molecule has 0 spiro atoms. The number of amides is 2. The lowest BCUT2D eigenvalue weighted by molar-refractivity contribution is -0.117. The number of carbonyl (C=O) groups excluding carboxylic acids is 2. The minimum atomic E-state index is -2.98. The van der Waals surface area contributed by atoms with Crippen LogP contribution in [0.5, 0.6) is 11.5 Å². The number of benzene rings is 2. The molecule has 1 aliphatic heterocycles. The van der Waals surface area contributed by atoms with Gasteiger partial charge in [0.15, 0.2) is 11.5 Å². The summed E-state index contributed by atoms with van der Waals surface area (Å²) in [6, 6.07) is 13.3. The number of ether oxygens (including phenoxy) is 2. The molecule has 2 aromatic rings. The molecule has 0 bridgehead atoms. The number of hydrogen-bond acceptors (Lipinski definition) is 5. The average Bonchev–Trinajstić information content (AvgIpc) is 2.75. The fourth-order valence-corrected chi connectivity index (χ4v) is 3.43. The summed E-state index contributed by atoms with van der Waals surface area (Å²) >= 11 is 0. The molecule has 0 aliphatic carbocycles. The smallest absolute Gasteiger partial charge is 0.387 e. The number of alkyl halides is 2. The highest BCUT2D eigenvalue weighted by Crippen LogP contribution is 2.29. The molecule has 0 aromatic heterocycles. The number of methoxy groups -OCH3 is 1. The van der Waals surface area contributed by atoms with Gasteiger partial charge in [0.25, 0.3) is 5.91 Å². The monoisotopic (exact) mass is 433 g/mol. The molecular formula is C22H25F2N3O4. The first kappa shape index (κ1) is 22.5. The zero-order valence-corrected chi connectivity index (χ0v) is 17.1. The van der Waals surface area contributed by atoms with Crippen LogP contribution in [0.25, 0.3) is 0 Å². The van der Waals surface area contributed by atoms with Gasteiger partial charge in [-0.1, -0.05) is 18.2 Å². The SMILES string of the molecule is COc1cc(C(=O)NC2CCN(CC(=O)Nc3ccccc3)CC2)ccc1OC(F)F. The number of para-hydroxylation sites is 1. The molecule has 1 fully saturated rings. The van der Waals surface area contributed by atoms with Gasteiger partial charge in [-0.15, -0.1) is 0 Å². The molecule has 166 valence electrons. The molecule has 0 atom stereocenters. The van der Waals surface area contributed by atoms with Gasteiger partial charge in [0, 0.05) is 30.4 Å². The molecule has 7 nitrogen and oxygen atoms in total. The molecule has 3 rings (SSSR count). The van der Waals surface area contributed by atoms with Crippen molar-refractivity contribution in [1.82, 2.24) is 10.2 Å². The summed E-state index contributed by atoms with van der Waals surface area (Å²) in [4.78, 5) is 26.8. The van der Waals surface area contributed by atoms with Gasteiger partial charge in [0.1, 0.15) is 0 Å². The third-order valence-electron chi connectivity index (χ3n) is 4.99. The first-order valence-electron chi connectivity index (χ1n) is 9.95. The van der Waals surface area contributed by atoms with Crippen molar-refractivity contribution in [3.63, 3.8) is 0 Å². The Labute approximate surface area is 179 Å². The number of hydrogen-bond donors (Lipinski definition) is 2. The van der Waals surface area contributed by atoms with Gasteiger partial charge in [-0.3, -0.25) is 14.5 Å². The Balaban J connectivity index is 1.47. The first-order valence-corrected chi connectivity index (χ1v) is 9.95. The lowest BCUT2D eigenvalue weighted by Gasteiger charge is -2.31. The predicted octanol–water partition coefficient (Wildman–Crippen LogP) is 3.13. The van der Waals surface area contributed by atoms with Gasteiger partial charge < -0.3 is 20.1 Å². The highest BCUT2D eigenvalue weighted by Gasteiger charge is 2.23. The first-order chi connectivity index (χ1) is 14.9. The Bertz CT molecular complexity index is 888. The van der Waals surface area contributed by atoms with Crippen LogP contribution in [-0.4, -0.2) is 56.1 Å². The molecule has 1 heterocycles. The number of halogens is 2. The second-order valence-electron chi connectivity index (χ2n) is 7.18. The van der Waals surface area contributed by atoms with E-state index >= 15 is 0 Å². The van der Waals surface area contributed by atoms with Crippen molar-refractivity contribution >= 4 is 17.5 Å². The topological polar surface area (TPSA) is 79.9 Å². The fourth-order valence-electron chi connectivity index (χ4n) is 3.43. The zero-order valence-electron chi connectivity index (χ0n) is 17.1. The van der Waals surface area contributed by atoms with Crippen molar-refractivity contribution in [2.24, 2.45) is 0 Å². The van der Waals surface area contributed by atoms with E-state index in [-0.39, 0.29) is 29.4 Å². The maximum Gasteiger partial charge on any atom is 0.387 e. The van der Waals surface area contributed by atoms with E-state index in [1.807, 2.05) is 35.2 Å². The number of piperidine rings is 1. The van der Waals surface area contributed by atoms with Crippen molar-refractivity contribution < 1.29 is 27.8 Å². The summed E-state index contributed by atoms with van der Waals surface area (Å²) in [5.41, 5.74) is 1.05. The number of carbonyl (C=O) groups is 2. The summed E-state index contributed by atoms with van der Waals surface area (Å²) in [5, 5.41) is 5.81. The van der Waals surface area contributed by atoms with Crippen LogP contribution in [0, 0.1) is 0 Å². The van der Waals surface area contributed by atoms with Gasteiger partial charge in [0.2, 0.25) is 5.91 Å². The number of rotatable bonds is 8. The van der Waals surface area contributed by atoms with E-state index in [4.69, 9.17) is 4.74 Å². The minimum absolute atomic E-state index is 0.0380. The largest absolute Gasteiger partial charge is 0.493 e. The van der Waals surface area contributed by atoms with Gasteiger partial charge in [-0.25, -0.2) is 0 Å². The third-order valence-corrected chi connectivity index (χ3v) is 4.99. The van der Waals surface area contributed by atoms with Crippen molar-refractivity contribution in [2.45, 2.75) is 25.5 Å². The Morgan fingerprint density at radius 3 is 2.45 bits per heavy atom. The number of likely N-dealkylation sites (tertiary alicyclic amines) is 1. The van der Waals surface area contributed by atoms with E-state index in [0.717, 1.165) is 5.69 Å². The van der Waals surface area contributed by atoms with Crippen molar-refractivity contribution in [2.75, 3.05) is 32.1 Å². The number of nitrogens with one attached hydrogen (secondary N) is 2. The predicted molar refractivity (Wildman–Crippen MR) is 112 cm³/mol. The maximum absolute atomic E-state index is 12.5. The van der Waals surface area contributed by atoms with E-state index in [0.29, 0.717) is 38.0 Å². The number of anilines is 1. The summed E-state index contributed by atoms with van der Waals surface area (Å²) in [6.07, 6.45) is 1.40. The normalized spacial score (nSPS) is 14.8. The average molecular weight is 433 g/mol. The molecule has 1 aliphatic rings. The lowest BCUT2D eigenvalue weighted by atomic mass is 10.0. The van der Waals surface area contributed by atoms with Crippen LogP contribution < -0.4 is 20.1 Å². The molecule has 2 aromatic carbocycles. The molecule has 1 saturated heterocycles. The van der Waals surface area contributed by atoms with Crippen LogP contribution in [0.2, 0.25) is 0 Å². The standard InChI is InChI=1S/C22H25F2N3O4/c1-30-19-13-15(7-8-18(19)31-22(23)24)21(29)26-17-9-11-27(12-10-17)14-20(28)25-16-5-3-2-4-6-16/h2-8,13,17,22H,9-12,14H2,1H3,(H,25,28)(H,26,29). The van der Waals surface area contributed by atoms with Crippen LogP contribution in [0.15, 0.2) is 48.5 Å². The maximum atomic E-state index is 12.5. The third kappa shape index (κ3) is 6.65. The van der Waals surface area contributed by atoms with Gasteiger partial charge in [-0.05, 0) is 43.2 Å². The fraction of sp³-hybridized carbons (Fsp3) is 0.364. The molecule has 2 N–H and O–H groups in total. The van der Waals surface area contributed by atoms with E-state index in [1.165, 1.54) is 25.3 Å². The highest BCUT2D eigenvalue weighted by molar-refractivity contribution is 5.95. The van der Waals surface area contributed by atoms with Crippen molar-refractivity contribution in [3.8, 4) is 11.5 Å². The molecule has 0 saturated carbocycles. The minimum Gasteiger partial charge on any atom is -0.493 e. The Kier molecular flexibility index (Phi) is 7.77. The molecule has 2 amide bonds. The van der Waals surface area contributed by atoms with Crippen LogP contribution >= 0.6 is 0 Å². The van der Waals surface area contributed by atoms with Gasteiger partial charge in [0.05, 0.1) is 13.7 Å². The van der Waals surface area contributed by atoms with Gasteiger partial charge >= 0.3 is 6.61 Å². The van der Waals surface area contributed by atoms with E-state index < -0.39 is 6.61 Å². The highest BCUT2D eigenvalue weighted by atomic mass is 19.3. The van der Waals surface area contributed by atoms with Crippen LogP contribution in [0.4, 0.5) is 14.5 Å². The summed E-state index contributed by atoms with van der Waals surface area (Å²) in [6.45, 7) is -1.33. The Morgan fingerprint density at radius 1 is 1.10 bits per heavy atom. The number of nitrogens with zero attached hydrogens (tertiary/aromatic N) is 1. The molecule has 31 heavy (non-hydrogen) atoms.